The van der Waals surface area contributed by atoms with Crippen LogP contribution in [0.15, 0.2) is 11.6 Å². The SMILES string of the molecule is C[Si](C)(C)CC1=C[C@@H]2CCCC[C@H]2OC1=O. The highest BCUT2D eigenvalue weighted by Crippen LogP contribution is 2.34. The van der Waals surface area contributed by atoms with E-state index >= 15 is 0 Å². The van der Waals surface area contributed by atoms with Crippen LogP contribution in [0.2, 0.25) is 25.7 Å². The van der Waals surface area contributed by atoms with Crippen molar-refractivity contribution in [1.82, 2.24) is 0 Å². The lowest BCUT2D eigenvalue weighted by Crippen LogP contribution is -2.35. The number of rotatable bonds is 2. The summed E-state index contributed by atoms with van der Waals surface area (Å²) in [7, 11) is -1.21. The lowest BCUT2D eigenvalue weighted by molar-refractivity contribution is -0.149. The van der Waals surface area contributed by atoms with E-state index in [0.717, 1.165) is 18.0 Å². The molecule has 2 rings (SSSR count). The highest BCUT2D eigenvalue weighted by molar-refractivity contribution is 6.77. The maximum atomic E-state index is 11.9. The van der Waals surface area contributed by atoms with Gasteiger partial charge in [-0.05, 0) is 25.3 Å². The fraction of sp³-hybridized carbons (Fsp3) is 0.769. The second-order valence-electron chi connectivity index (χ2n) is 6.32. The lowest BCUT2D eigenvalue weighted by Gasteiger charge is -2.34. The van der Waals surface area contributed by atoms with Crippen molar-refractivity contribution in [3.63, 3.8) is 0 Å². The molecule has 90 valence electrons. The van der Waals surface area contributed by atoms with Crippen LogP contribution in [0.4, 0.5) is 0 Å². The Morgan fingerprint density at radius 2 is 2.00 bits per heavy atom. The fourth-order valence-electron chi connectivity index (χ4n) is 2.70. The summed E-state index contributed by atoms with van der Waals surface area (Å²) in [5.41, 5.74) is 0.960. The third kappa shape index (κ3) is 2.76. The van der Waals surface area contributed by atoms with Crippen molar-refractivity contribution in [1.29, 1.82) is 0 Å². The van der Waals surface area contributed by atoms with Crippen LogP contribution in [0.1, 0.15) is 25.7 Å². The number of carbonyl (C=O) groups excluding carboxylic acids is 1. The summed E-state index contributed by atoms with van der Waals surface area (Å²) in [5.74, 6) is 0.475. The van der Waals surface area contributed by atoms with E-state index in [0.29, 0.717) is 5.92 Å². The van der Waals surface area contributed by atoms with Crippen molar-refractivity contribution in [2.45, 2.75) is 57.5 Å². The largest absolute Gasteiger partial charge is 0.458 e. The zero-order chi connectivity index (χ0) is 11.8. The molecule has 0 aromatic rings. The molecule has 0 unspecified atom stereocenters. The van der Waals surface area contributed by atoms with Crippen molar-refractivity contribution in [3.05, 3.63) is 11.6 Å². The standard InChI is InChI=1S/C13H22O2Si/c1-16(2,3)9-11-8-10-6-4-5-7-12(10)15-13(11)14/h8,10,12H,4-7,9H2,1-3H3/t10-,12+/m0/s1. The molecule has 2 aliphatic rings. The van der Waals surface area contributed by atoms with Gasteiger partial charge in [0.2, 0.25) is 0 Å². The van der Waals surface area contributed by atoms with Gasteiger partial charge in [-0.25, -0.2) is 4.79 Å². The minimum Gasteiger partial charge on any atom is -0.458 e. The summed E-state index contributed by atoms with van der Waals surface area (Å²) in [6.45, 7) is 6.90. The fourth-order valence-corrected chi connectivity index (χ4v) is 4.11. The van der Waals surface area contributed by atoms with Gasteiger partial charge in [-0.2, -0.15) is 0 Å². The van der Waals surface area contributed by atoms with Crippen LogP contribution in [0.5, 0.6) is 0 Å². The summed E-state index contributed by atoms with van der Waals surface area (Å²) in [6, 6.07) is 0.967. The van der Waals surface area contributed by atoms with Gasteiger partial charge in [-0.15, -0.1) is 0 Å². The number of ether oxygens (including phenoxy) is 1. The van der Waals surface area contributed by atoms with Crippen molar-refractivity contribution in [2.75, 3.05) is 0 Å². The van der Waals surface area contributed by atoms with Gasteiger partial charge < -0.3 is 4.74 Å². The van der Waals surface area contributed by atoms with Gasteiger partial charge in [0.25, 0.3) is 0 Å². The van der Waals surface area contributed by atoms with E-state index in [-0.39, 0.29) is 12.1 Å². The quantitative estimate of drug-likeness (QED) is 0.544. The first kappa shape index (κ1) is 11.9. The molecule has 0 bridgehead atoms. The molecule has 0 amide bonds. The Balaban J connectivity index is 2.12. The van der Waals surface area contributed by atoms with Crippen LogP contribution in [-0.2, 0) is 9.53 Å². The second-order valence-corrected chi connectivity index (χ2v) is 11.8. The van der Waals surface area contributed by atoms with E-state index in [1.165, 1.54) is 19.3 Å². The van der Waals surface area contributed by atoms with Crippen molar-refractivity contribution >= 4 is 14.0 Å². The maximum absolute atomic E-state index is 11.9. The topological polar surface area (TPSA) is 26.3 Å². The summed E-state index contributed by atoms with van der Waals surface area (Å²) in [4.78, 5) is 11.9. The van der Waals surface area contributed by atoms with Gasteiger partial charge in [-0.3, -0.25) is 0 Å². The van der Waals surface area contributed by atoms with Crippen molar-refractivity contribution in [3.8, 4) is 0 Å². The van der Waals surface area contributed by atoms with Crippen LogP contribution >= 0.6 is 0 Å². The zero-order valence-corrected chi connectivity index (χ0v) is 11.6. The molecule has 1 aliphatic carbocycles. The molecule has 0 N–H and O–H groups in total. The molecule has 0 radical (unpaired) electrons. The van der Waals surface area contributed by atoms with Gasteiger partial charge in [0.1, 0.15) is 6.10 Å². The Labute approximate surface area is 99.1 Å². The normalized spacial score (nSPS) is 30.4. The van der Waals surface area contributed by atoms with E-state index in [2.05, 4.69) is 25.7 Å². The molecule has 1 saturated carbocycles. The molecule has 3 heteroatoms. The minimum atomic E-state index is -1.21. The van der Waals surface area contributed by atoms with Gasteiger partial charge in [0.15, 0.2) is 0 Å². The van der Waals surface area contributed by atoms with E-state index in [4.69, 9.17) is 4.74 Å². The molecule has 1 heterocycles. The highest BCUT2D eigenvalue weighted by Gasteiger charge is 2.34. The molecule has 0 aromatic carbocycles. The lowest BCUT2D eigenvalue weighted by atomic mass is 9.84. The monoisotopic (exact) mass is 238 g/mol. The first-order chi connectivity index (χ1) is 7.46. The van der Waals surface area contributed by atoms with E-state index in [1.54, 1.807) is 0 Å². The second kappa shape index (κ2) is 4.36. The van der Waals surface area contributed by atoms with E-state index in [9.17, 15) is 4.79 Å². The number of fused-ring (bicyclic) bond motifs is 1. The van der Waals surface area contributed by atoms with Crippen LogP contribution in [0.3, 0.4) is 0 Å². The highest BCUT2D eigenvalue weighted by atomic mass is 28.3. The molecule has 0 spiro atoms. The van der Waals surface area contributed by atoms with E-state index in [1.807, 2.05) is 0 Å². The average molecular weight is 238 g/mol. The molecule has 0 saturated heterocycles. The Bertz CT molecular complexity index is 314. The molecular formula is C13H22O2Si. The molecule has 0 aromatic heterocycles. The smallest absolute Gasteiger partial charge is 0.333 e. The van der Waals surface area contributed by atoms with Gasteiger partial charge >= 0.3 is 5.97 Å². The van der Waals surface area contributed by atoms with Crippen LogP contribution in [-0.4, -0.2) is 20.1 Å². The van der Waals surface area contributed by atoms with Crippen LogP contribution in [0, 0.1) is 5.92 Å². The summed E-state index contributed by atoms with van der Waals surface area (Å²) in [5, 5.41) is 0. The third-order valence-corrected chi connectivity index (χ3v) is 4.85. The van der Waals surface area contributed by atoms with Crippen LogP contribution in [0.25, 0.3) is 0 Å². The number of esters is 1. The first-order valence-corrected chi connectivity index (χ1v) is 10.1. The predicted octanol–water partition coefficient (Wildman–Crippen LogP) is 3.37. The summed E-state index contributed by atoms with van der Waals surface area (Å²) >= 11 is 0. The van der Waals surface area contributed by atoms with E-state index < -0.39 is 8.07 Å². The zero-order valence-electron chi connectivity index (χ0n) is 10.6. The summed E-state index contributed by atoms with van der Waals surface area (Å²) in [6.07, 6.45) is 7.18. The van der Waals surface area contributed by atoms with Gasteiger partial charge in [0.05, 0.1) is 0 Å². The first-order valence-electron chi connectivity index (χ1n) is 6.37. The molecule has 2 nitrogen and oxygen atoms in total. The number of hydrogen-bond acceptors (Lipinski definition) is 2. The molecule has 1 aliphatic heterocycles. The van der Waals surface area contributed by atoms with Crippen LogP contribution < -0.4 is 0 Å². The Hall–Kier alpha value is -0.573. The average Bonchev–Trinajstić information content (AvgIpc) is 2.17. The van der Waals surface area contributed by atoms with Gasteiger partial charge in [-0.1, -0.05) is 32.1 Å². The van der Waals surface area contributed by atoms with Crippen molar-refractivity contribution < 1.29 is 9.53 Å². The molecule has 1 fully saturated rings. The predicted molar refractivity (Wildman–Crippen MR) is 68.1 cm³/mol. The summed E-state index contributed by atoms with van der Waals surface area (Å²) < 4.78 is 5.56. The Kier molecular flexibility index (Phi) is 3.24. The number of carbonyl (C=O) groups is 1. The maximum Gasteiger partial charge on any atom is 0.333 e. The van der Waals surface area contributed by atoms with Gasteiger partial charge in [0, 0.05) is 19.6 Å². The van der Waals surface area contributed by atoms with Crippen molar-refractivity contribution in [2.24, 2.45) is 5.92 Å². The Morgan fingerprint density at radius 1 is 1.31 bits per heavy atom. The molecule has 2 atom stereocenters. The third-order valence-electron chi connectivity index (χ3n) is 3.41. The number of hydrogen-bond donors (Lipinski definition) is 0. The molecule has 16 heavy (non-hydrogen) atoms. The minimum absolute atomic E-state index is 0.0365. The Morgan fingerprint density at radius 3 is 2.69 bits per heavy atom. The molecular weight excluding hydrogens is 216 g/mol.